The van der Waals surface area contributed by atoms with Crippen molar-refractivity contribution in [2.45, 2.75) is 6.92 Å². The number of benzene rings is 2. The Morgan fingerprint density at radius 3 is 2.70 bits per heavy atom. The largest absolute Gasteiger partial charge is 0.508 e. The first-order valence-electron chi connectivity index (χ1n) is 8.28. The molecule has 2 N–H and O–H groups in total. The smallest absolute Gasteiger partial charge is 0.260 e. The first kappa shape index (κ1) is 17.5. The first-order chi connectivity index (χ1) is 13.0. The van der Waals surface area contributed by atoms with Crippen LogP contribution in [0, 0.1) is 6.92 Å². The summed E-state index contributed by atoms with van der Waals surface area (Å²) in [5.41, 5.74) is 2.39. The molecule has 0 aliphatic carbocycles. The fraction of sp³-hybridized carbons (Fsp3) is 0.0476. The Bertz CT molecular complexity index is 1230. The molecule has 0 aliphatic heterocycles. The van der Waals surface area contributed by atoms with Gasteiger partial charge in [-0.1, -0.05) is 54.1 Å². The summed E-state index contributed by atoms with van der Waals surface area (Å²) in [7, 11) is 0. The number of H-pyrrole nitrogens is 1. The summed E-state index contributed by atoms with van der Waals surface area (Å²) in [6, 6.07) is 16.5. The van der Waals surface area contributed by atoms with E-state index >= 15 is 0 Å². The van der Waals surface area contributed by atoms with Crippen molar-refractivity contribution >= 4 is 44.3 Å². The summed E-state index contributed by atoms with van der Waals surface area (Å²) in [5, 5.41) is 10.5. The van der Waals surface area contributed by atoms with Gasteiger partial charge in [0.15, 0.2) is 5.82 Å². The third-order valence-electron chi connectivity index (χ3n) is 4.19. The molecular weight excluding hydrogens is 380 g/mol. The number of halogens is 1. The first-order valence-corrected chi connectivity index (χ1v) is 9.48. The SMILES string of the molecule is Cc1sc2nc(C(Cl)=Cc3cccc(O)c3)[nH]c(=O)c2c1-c1ccccc1. The van der Waals surface area contributed by atoms with Gasteiger partial charge in [0.1, 0.15) is 10.6 Å². The van der Waals surface area contributed by atoms with Crippen molar-refractivity contribution in [3.8, 4) is 16.9 Å². The maximum Gasteiger partial charge on any atom is 0.260 e. The quantitative estimate of drug-likeness (QED) is 0.488. The topological polar surface area (TPSA) is 66.0 Å². The summed E-state index contributed by atoms with van der Waals surface area (Å²) >= 11 is 7.85. The molecule has 134 valence electrons. The van der Waals surface area contributed by atoms with Crippen LogP contribution in [0.3, 0.4) is 0 Å². The van der Waals surface area contributed by atoms with Crippen molar-refractivity contribution in [1.82, 2.24) is 9.97 Å². The molecule has 0 aliphatic rings. The summed E-state index contributed by atoms with van der Waals surface area (Å²) < 4.78 is 0. The highest BCUT2D eigenvalue weighted by Crippen LogP contribution is 2.36. The van der Waals surface area contributed by atoms with Crippen LogP contribution in [0.5, 0.6) is 5.75 Å². The van der Waals surface area contributed by atoms with Crippen molar-refractivity contribution in [2.24, 2.45) is 0 Å². The molecule has 0 radical (unpaired) electrons. The van der Waals surface area contributed by atoms with E-state index < -0.39 is 0 Å². The molecule has 0 saturated carbocycles. The van der Waals surface area contributed by atoms with Gasteiger partial charge >= 0.3 is 0 Å². The number of aromatic nitrogens is 2. The molecule has 2 heterocycles. The molecule has 2 aromatic carbocycles. The minimum absolute atomic E-state index is 0.145. The Kier molecular flexibility index (Phi) is 4.56. The maximum atomic E-state index is 12.8. The third kappa shape index (κ3) is 3.39. The van der Waals surface area contributed by atoms with E-state index in [1.165, 1.54) is 11.3 Å². The van der Waals surface area contributed by atoms with Gasteiger partial charge in [0, 0.05) is 10.4 Å². The lowest BCUT2D eigenvalue weighted by Gasteiger charge is -2.03. The number of nitrogens with zero attached hydrogens (tertiary/aromatic N) is 1. The van der Waals surface area contributed by atoms with Crippen LogP contribution in [-0.4, -0.2) is 15.1 Å². The van der Waals surface area contributed by atoms with Gasteiger partial charge in [0.25, 0.3) is 5.56 Å². The summed E-state index contributed by atoms with van der Waals surface area (Å²) in [4.78, 5) is 21.8. The predicted octanol–water partition coefficient (Wildman–Crippen LogP) is 5.40. The molecule has 0 saturated heterocycles. The number of aromatic hydroxyl groups is 1. The molecule has 4 rings (SSSR count). The number of rotatable bonds is 3. The number of thiophene rings is 1. The molecule has 0 unspecified atom stereocenters. The van der Waals surface area contributed by atoms with Gasteiger partial charge < -0.3 is 10.1 Å². The Labute approximate surface area is 164 Å². The number of hydrogen-bond acceptors (Lipinski definition) is 4. The minimum Gasteiger partial charge on any atom is -0.508 e. The van der Waals surface area contributed by atoms with Crippen molar-refractivity contribution in [3.63, 3.8) is 0 Å². The minimum atomic E-state index is -0.222. The van der Waals surface area contributed by atoms with E-state index in [1.54, 1.807) is 24.3 Å². The molecule has 0 fully saturated rings. The maximum absolute atomic E-state index is 12.8. The summed E-state index contributed by atoms with van der Waals surface area (Å²) in [5.74, 6) is 0.449. The predicted molar refractivity (Wildman–Crippen MR) is 112 cm³/mol. The van der Waals surface area contributed by atoms with E-state index in [9.17, 15) is 9.90 Å². The number of phenolic OH excluding ortho intramolecular Hbond substituents is 1. The van der Waals surface area contributed by atoms with Gasteiger partial charge in [-0.15, -0.1) is 11.3 Å². The van der Waals surface area contributed by atoms with E-state index in [1.807, 2.05) is 43.3 Å². The molecule has 27 heavy (non-hydrogen) atoms. The molecule has 2 aromatic heterocycles. The van der Waals surface area contributed by atoms with Crippen molar-refractivity contribution in [3.05, 3.63) is 81.2 Å². The molecule has 4 nitrogen and oxygen atoms in total. The van der Waals surface area contributed by atoms with Crippen LogP contribution in [0.1, 0.15) is 16.3 Å². The highest BCUT2D eigenvalue weighted by atomic mass is 35.5. The molecule has 0 spiro atoms. The van der Waals surface area contributed by atoms with E-state index in [2.05, 4.69) is 9.97 Å². The average Bonchev–Trinajstić information content (AvgIpc) is 2.99. The highest BCUT2D eigenvalue weighted by Gasteiger charge is 2.17. The Balaban J connectivity index is 1.85. The monoisotopic (exact) mass is 394 g/mol. The van der Waals surface area contributed by atoms with E-state index in [-0.39, 0.29) is 11.3 Å². The standard InChI is InChI=1S/C21H15ClN2O2S/c1-12-17(14-7-3-2-4-8-14)18-20(26)23-19(24-21(18)27-12)16(22)11-13-6-5-9-15(25)10-13/h2-11,25H,1H3,(H,23,24,26). The number of hydrogen-bond donors (Lipinski definition) is 2. The number of aromatic amines is 1. The zero-order valence-corrected chi connectivity index (χ0v) is 15.9. The lowest BCUT2D eigenvalue weighted by molar-refractivity contribution is 0.475. The normalized spacial score (nSPS) is 11.9. The molecule has 0 atom stereocenters. The molecule has 6 heteroatoms. The average molecular weight is 395 g/mol. The summed E-state index contributed by atoms with van der Waals surface area (Å²) in [6.07, 6.45) is 1.66. The van der Waals surface area contributed by atoms with Gasteiger partial charge in [0.2, 0.25) is 0 Å². The van der Waals surface area contributed by atoms with Crippen LogP contribution >= 0.6 is 22.9 Å². The zero-order chi connectivity index (χ0) is 19.0. The number of phenols is 1. The second-order valence-electron chi connectivity index (χ2n) is 6.08. The van der Waals surface area contributed by atoms with Crippen LogP contribution in [0.2, 0.25) is 0 Å². The Morgan fingerprint density at radius 2 is 1.96 bits per heavy atom. The van der Waals surface area contributed by atoms with E-state index in [0.29, 0.717) is 21.1 Å². The van der Waals surface area contributed by atoms with Crippen molar-refractivity contribution in [2.75, 3.05) is 0 Å². The second kappa shape index (κ2) is 7.02. The fourth-order valence-electron chi connectivity index (χ4n) is 3.01. The second-order valence-corrected chi connectivity index (χ2v) is 7.69. The molecule has 4 aromatic rings. The lowest BCUT2D eigenvalue weighted by atomic mass is 10.0. The number of nitrogens with one attached hydrogen (secondary N) is 1. The van der Waals surface area contributed by atoms with E-state index in [4.69, 9.17) is 11.6 Å². The number of aryl methyl sites for hydroxylation is 1. The zero-order valence-electron chi connectivity index (χ0n) is 14.4. The summed E-state index contributed by atoms with van der Waals surface area (Å²) in [6.45, 7) is 1.98. The lowest BCUT2D eigenvalue weighted by Crippen LogP contribution is -2.10. The van der Waals surface area contributed by atoms with Gasteiger partial charge in [-0.2, -0.15) is 0 Å². The van der Waals surface area contributed by atoms with Gasteiger partial charge in [-0.05, 0) is 36.3 Å². The molecular formula is C21H15ClN2O2S. The third-order valence-corrected chi connectivity index (χ3v) is 5.48. The van der Waals surface area contributed by atoms with Gasteiger partial charge in [0.05, 0.1) is 10.4 Å². The van der Waals surface area contributed by atoms with Crippen LogP contribution in [-0.2, 0) is 0 Å². The van der Waals surface area contributed by atoms with Crippen LogP contribution in [0.15, 0.2) is 59.4 Å². The Hall–Kier alpha value is -2.89. The van der Waals surface area contributed by atoms with Crippen LogP contribution < -0.4 is 5.56 Å². The van der Waals surface area contributed by atoms with Crippen LogP contribution in [0.4, 0.5) is 0 Å². The van der Waals surface area contributed by atoms with Crippen molar-refractivity contribution in [1.29, 1.82) is 0 Å². The van der Waals surface area contributed by atoms with Crippen molar-refractivity contribution < 1.29 is 5.11 Å². The molecule has 0 amide bonds. The van der Waals surface area contributed by atoms with Crippen LogP contribution in [0.25, 0.3) is 32.5 Å². The van der Waals surface area contributed by atoms with Gasteiger partial charge in [-0.25, -0.2) is 4.98 Å². The fourth-order valence-corrected chi connectivity index (χ4v) is 4.27. The Morgan fingerprint density at radius 1 is 1.19 bits per heavy atom. The highest BCUT2D eigenvalue weighted by molar-refractivity contribution is 7.19. The van der Waals surface area contributed by atoms with E-state index in [0.717, 1.165) is 21.6 Å². The number of fused-ring (bicyclic) bond motifs is 1. The van der Waals surface area contributed by atoms with Gasteiger partial charge in [-0.3, -0.25) is 4.79 Å². The molecule has 0 bridgehead atoms.